The zero-order valence-corrected chi connectivity index (χ0v) is 16.7. The Labute approximate surface area is 155 Å². The first kappa shape index (κ1) is 22.0. The number of hydrogen-bond donors (Lipinski definition) is 1. The number of halogens is 3. The van der Waals surface area contributed by atoms with Crippen LogP contribution < -0.4 is 10.1 Å². The van der Waals surface area contributed by atoms with Gasteiger partial charge in [0.05, 0.1) is 7.11 Å². The normalized spacial score (nSPS) is 16.6. The number of rotatable bonds is 5. The van der Waals surface area contributed by atoms with Gasteiger partial charge in [0.1, 0.15) is 5.75 Å². The second-order valence-corrected chi connectivity index (χ2v) is 6.67. The molecule has 1 aromatic rings. The maximum atomic E-state index is 5.40. The summed E-state index contributed by atoms with van der Waals surface area (Å²) in [4.78, 5) is 2.59. The minimum absolute atomic E-state index is 0. The lowest BCUT2D eigenvalue weighted by Crippen LogP contribution is -2.45. The fraction of sp³-hybridized carbons (Fsp3) is 0.625. The van der Waals surface area contributed by atoms with Gasteiger partial charge in [-0.25, -0.2) is 0 Å². The summed E-state index contributed by atoms with van der Waals surface area (Å²) < 4.78 is 6.58. The Hall–Kier alpha value is -0.000000000000000111. The molecule has 1 fully saturated rings. The van der Waals surface area contributed by atoms with Crippen LogP contribution in [0.25, 0.3) is 0 Å². The Morgan fingerprint density at radius 1 is 1.23 bits per heavy atom. The molecule has 0 unspecified atom stereocenters. The molecule has 1 aromatic carbocycles. The van der Waals surface area contributed by atoms with E-state index in [9.17, 15) is 0 Å². The van der Waals surface area contributed by atoms with E-state index in [2.05, 4.69) is 52.1 Å². The molecule has 22 heavy (non-hydrogen) atoms. The first-order valence-corrected chi connectivity index (χ1v) is 8.19. The Morgan fingerprint density at radius 3 is 2.41 bits per heavy atom. The summed E-state index contributed by atoms with van der Waals surface area (Å²) in [6, 6.07) is 6.75. The van der Waals surface area contributed by atoms with Gasteiger partial charge in [-0.1, -0.05) is 29.8 Å². The highest BCUT2D eigenvalue weighted by atomic mass is 79.9. The molecule has 0 amide bonds. The van der Waals surface area contributed by atoms with E-state index in [0.717, 1.165) is 31.9 Å². The van der Waals surface area contributed by atoms with Crippen molar-refractivity contribution >= 4 is 40.7 Å². The van der Waals surface area contributed by atoms with Gasteiger partial charge in [-0.15, -0.1) is 24.8 Å². The average molecular weight is 414 g/mol. The first-order chi connectivity index (χ1) is 9.61. The van der Waals surface area contributed by atoms with Gasteiger partial charge < -0.3 is 10.1 Å². The van der Waals surface area contributed by atoms with Crippen LogP contribution in [0.1, 0.15) is 31.9 Å². The van der Waals surface area contributed by atoms with E-state index < -0.39 is 0 Å². The zero-order valence-electron chi connectivity index (χ0n) is 13.5. The van der Waals surface area contributed by atoms with Crippen molar-refractivity contribution in [2.45, 2.75) is 26.3 Å². The van der Waals surface area contributed by atoms with Crippen LogP contribution in [-0.4, -0.2) is 38.2 Å². The molecule has 0 spiro atoms. The van der Waals surface area contributed by atoms with Crippen molar-refractivity contribution in [3.05, 3.63) is 28.2 Å². The Morgan fingerprint density at radius 2 is 1.86 bits per heavy atom. The van der Waals surface area contributed by atoms with Crippen LogP contribution in [0.3, 0.4) is 0 Å². The third-order valence-corrected chi connectivity index (χ3v) is 4.57. The van der Waals surface area contributed by atoms with E-state index in [1.807, 2.05) is 6.07 Å². The standard InChI is InChI=1S/C16H25BrN2O.2ClH/c1-12(2)10-16(19-8-6-18-7-9-19)14-11-13(20-3)4-5-15(14)17;;/h4-5,11-12,16,18H,6-10H2,1-3H3;2*1H/t16-;;/m1../s1. The lowest BCUT2D eigenvalue weighted by Gasteiger charge is -2.36. The van der Waals surface area contributed by atoms with Gasteiger partial charge in [-0.3, -0.25) is 4.90 Å². The highest BCUT2D eigenvalue weighted by Crippen LogP contribution is 2.35. The molecule has 0 radical (unpaired) electrons. The second kappa shape index (κ2) is 10.7. The molecule has 1 atom stereocenters. The highest BCUT2D eigenvalue weighted by Gasteiger charge is 2.25. The number of nitrogens with zero attached hydrogens (tertiary/aromatic N) is 1. The monoisotopic (exact) mass is 412 g/mol. The van der Waals surface area contributed by atoms with Crippen LogP contribution in [0.5, 0.6) is 5.75 Å². The van der Waals surface area contributed by atoms with Crippen molar-refractivity contribution in [2.75, 3.05) is 33.3 Å². The van der Waals surface area contributed by atoms with Gasteiger partial charge in [0, 0.05) is 36.7 Å². The van der Waals surface area contributed by atoms with Gasteiger partial charge in [-0.05, 0) is 36.1 Å². The number of hydrogen-bond acceptors (Lipinski definition) is 3. The SMILES string of the molecule is COc1ccc(Br)c([C@@H](CC(C)C)N2CCNCC2)c1.Cl.Cl. The van der Waals surface area contributed by atoms with Gasteiger partial charge in [0.15, 0.2) is 0 Å². The van der Waals surface area contributed by atoms with Gasteiger partial charge in [0.25, 0.3) is 0 Å². The lowest BCUT2D eigenvalue weighted by atomic mass is 9.95. The number of ether oxygens (including phenoxy) is 1. The summed E-state index contributed by atoms with van der Waals surface area (Å²) in [5, 5.41) is 3.43. The van der Waals surface area contributed by atoms with Gasteiger partial charge in [-0.2, -0.15) is 0 Å². The van der Waals surface area contributed by atoms with E-state index in [0.29, 0.717) is 12.0 Å². The topological polar surface area (TPSA) is 24.5 Å². The molecular formula is C16H27BrCl2N2O. The fourth-order valence-corrected chi connectivity index (χ4v) is 3.33. The Bertz CT molecular complexity index is 440. The molecule has 0 saturated carbocycles. The number of methoxy groups -OCH3 is 1. The molecule has 1 aliphatic rings. The number of piperazine rings is 1. The molecule has 2 rings (SSSR count). The molecule has 1 N–H and O–H groups in total. The second-order valence-electron chi connectivity index (χ2n) is 5.82. The predicted molar refractivity (Wildman–Crippen MR) is 102 cm³/mol. The summed E-state index contributed by atoms with van der Waals surface area (Å²) in [6.07, 6.45) is 1.17. The fourth-order valence-electron chi connectivity index (χ4n) is 2.82. The molecule has 1 aliphatic heterocycles. The average Bonchev–Trinajstić information content (AvgIpc) is 2.46. The van der Waals surface area contributed by atoms with Crippen molar-refractivity contribution in [2.24, 2.45) is 5.92 Å². The van der Waals surface area contributed by atoms with Crippen LogP contribution in [-0.2, 0) is 0 Å². The minimum atomic E-state index is 0. The number of nitrogens with one attached hydrogen (secondary N) is 1. The molecule has 0 aliphatic carbocycles. The van der Waals surface area contributed by atoms with E-state index in [1.165, 1.54) is 16.5 Å². The Balaban J connectivity index is 0.00000220. The summed E-state index contributed by atoms with van der Waals surface area (Å²) in [5.74, 6) is 1.61. The maximum absolute atomic E-state index is 5.40. The molecule has 1 heterocycles. The van der Waals surface area contributed by atoms with Crippen molar-refractivity contribution in [3.63, 3.8) is 0 Å². The summed E-state index contributed by atoms with van der Waals surface area (Å²) in [5.41, 5.74) is 1.35. The van der Waals surface area contributed by atoms with Gasteiger partial charge >= 0.3 is 0 Å². The molecule has 6 heteroatoms. The molecule has 128 valence electrons. The molecule has 0 bridgehead atoms. The highest BCUT2D eigenvalue weighted by molar-refractivity contribution is 9.10. The largest absolute Gasteiger partial charge is 0.497 e. The zero-order chi connectivity index (χ0) is 14.5. The van der Waals surface area contributed by atoms with Crippen LogP contribution in [0.4, 0.5) is 0 Å². The predicted octanol–water partition coefficient (Wildman–Crippen LogP) is 4.29. The van der Waals surface area contributed by atoms with Crippen LogP contribution in [0.2, 0.25) is 0 Å². The summed E-state index contributed by atoms with van der Waals surface area (Å²) >= 11 is 3.72. The quantitative estimate of drug-likeness (QED) is 0.778. The van der Waals surface area contributed by atoms with Crippen LogP contribution in [0, 0.1) is 5.92 Å². The van der Waals surface area contributed by atoms with E-state index >= 15 is 0 Å². The summed E-state index contributed by atoms with van der Waals surface area (Å²) in [6.45, 7) is 8.97. The Kier molecular flexibility index (Phi) is 10.7. The summed E-state index contributed by atoms with van der Waals surface area (Å²) in [7, 11) is 1.73. The van der Waals surface area contributed by atoms with Crippen molar-refractivity contribution in [1.82, 2.24) is 10.2 Å². The molecule has 1 saturated heterocycles. The van der Waals surface area contributed by atoms with Crippen LogP contribution >= 0.6 is 40.7 Å². The van der Waals surface area contributed by atoms with E-state index in [4.69, 9.17) is 4.74 Å². The molecule has 0 aromatic heterocycles. The van der Waals surface area contributed by atoms with Crippen molar-refractivity contribution in [3.8, 4) is 5.75 Å². The van der Waals surface area contributed by atoms with Crippen molar-refractivity contribution < 1.29 is 4.74 Å². The van der Waals surface area contributed by atoms with E-state index in [1.54, 1.807) is 7.11 Å². The third kappa shape index (κ3) is 5.89. The molecule has 3 nitrogen and oxygen atoms in total. The minimum Gasteiger partial charge on any atom is -0.497 e. The third-order valence-electron chi connectivity index (χ3n) is 3.85. The van der Waals surface area contributed by atoms with Gasteiger partial charge in [0.2, 0.25) is 0 Å². The van der Waals surface area contributed by atoms with Crippen molar-refractivity contribution in [1.29, 1.82) is 0 Å². The van der Waals surface area contributed by atoms with Crippen LogP contribution in [0.15, 0.2) is 22.7 Å². The smallest absolute Gasteiger partial charge is 0.119 e. The lowest BCUT2D eigenvalue weighted by molar-refractivity contribution is 0.153. The number of benzene rings is 1. The van der Waals surface area contributed by atoms with E-state index in [-0.39, 0.29) is 24.8 Å². The first-order valence-electron chi connectivity index (χ1n) is 7.40. The maximum Gasteiger partial charge on any atom is 0.119 e. The molecular weight excluding hydrogens is 387 g/mol.